The number of piperidine rings is 1. The molecular formula is C20H24FN3O. The lowest BCUT2D eigenvalue weighted by molar-refractivity contribution is 0.170. The van der Waals surface area contributed by atoms with Crippen molar-refractivity contribution < 1.29 is 9.18 Å². The number of carbonyl (C=O) groups is 1. The number of halogens is 1. The molecule has 1 fully saturated rings. The number of hydrogen-bond donors (Lipinski definition) is 1. The van der Waals surface area contributed by atoms with E-state index in [0.29, 0.717) is 24.4 Å². The van der Waals surface area contributed by atoms with E-state index in [9.17, 15) is 9.18 Å². The molecule has 1 aliphatic rings. The molecule has 1 aliphatic heterocycles. The van der Waals surface area contributed by atoms with E-state index in [-0.39, 0.29) is 11.8 Å². The molecule has 2 amide bonds. The Morgan fingerprint density at radius 1 is 1.20 bits per heavy atom. The Labute approximate surface area is 148 Å². The van der Waals surface area contributed by atoms with E-state index in [2.05, 4.69) is 16.4 Å². The van der Waals surface area contributed by atoms with Gasteiger partial charge in [0.1, 0.15) is 5.82 Å². The van der Waals surface area contributed by atoms with Gasteiger partial charge in [0.15, 0.2) is 0 Å². The molecule has 1 aromatic heterocycles. The van der Waals surface area contributed by atoms with Crippen LogP contribution in [0.2, 0.25) is 0 Å². The molecule has 0 aliphatic carbocycles. The van der Waals surface area contributed by atoms with Gasteiger partial charge >= 0.3 is 6.03 Å². The largest absolute Gasteiger partial charge is 0.338 e. The monoisotopic (exact) mass is 341 g/mol. The molecule has 0 atom stereocenters. The molecule has 0 radical (unpaired) electrons. The minimum atomic E-state index is -0.215. The zero-order valence-electron chi connectivity index (χ0n) is 14.3. The Morgan fingerprint density at radius 3 is 2.72 bits per heavy atom. The van der Waals surface area contributed by atoms with Gasteiger partial charge in [-0.25, -0.2) is 9.18 Å². The maximum Gasteiger partial charge on any atom is 0.317 e. The molecule has 3 rings (SSSR count). The lowest BCUT2D eigenvalue weighted by Crippen LogP contribution is -2.45. The van der Waals surface area contributed by atoms with Crippen LogP contribution in [0.3, 0.4) is 0 Å². The number of urea groups is 1. The van der Waals surface area contributed by atoms with Crippen molar-refractivity contribution in [1.82, 2.24) is 15.2 Å². The fraction of sp³-hybridized carbons (Fsp3) is 0.400. The summed E-state index contributed by atoms with van der Waals surface area (Å²) in [5.74, 6) is 0.389. The first-order chi connectivity index (χ1) is 12.2. The Morgan fingerprint density at radius 2 is 2.00 bits per heavy atom. The van der Waals surface area contributed by atoms with Gasteiger partial charge in [0, 0.05) is 32.0 Å². The van der Waals surface area contributed by atoms with Crippen LogP contribution in [0.5, 0.6) is 0 Å². The van der Waals surface area contributed by atoms with Crippen molar-refractivity contribution in [2.24, 2.45) is 5.92 Å². The molecular weight excluding hydrogens is 317 g/mol. The Hall–Kier alpha value is -2.43. The van der Waals surface area contributed by atoms with Crippen LogP contribution in [-0.4, -0.2) is 35.5 Å². The standard InChI is InChI=1S/C20H24FN3O/c21-19-6-2-1-5-18(19)7-11-23-20(25)24-12-8-16(9-13-24)14-17-4-3-10-22-15-17/h1-6,10,15-16H,7-9,11-14H2,(H,23,25). The SMILES string of the molecule is O=C(NCCc1ccccc1F)N1CCC(Cc2cccnc2)CC1. The number of benzene rings is 1. The fourth-order valence-corrected chi connectivity index (χ4v) is 3.31. The van der Waals surface area contributed by atoms with Crippen LogP contribution in [0.4, 0.5) is 9.18 Å². The molecule has 5 heteroatoms. The number of nitrogens with one attached hydrogen (secondary N) is 1. The first-order valence-electron chi connectivity index (χ1n) is 8.87. The Kier molecular flexibility index (Phi) is 5.99. The molecule has 2 heterocycles. The zero-order chi connectivity index (χ0) is 17.5. The predicted octanol–water partition coefficient (Wildman–Crippen LogP) is 3.43. The van der Waals surface area contributed by atoms with Gasteiger partial charge in [-0.15, -0.1) is 0 Å². The van der Waals surface area contributed by atoms with E-state index in [1.807, 2.05) is 23.2 Å². The minimum absolute atomic E-state index is 0.0452. The van der Waals surface area contributed by atoms with Crippen LogP contribution in [0, 0.1) is 11.7 Å². The van der Waals surface area contributed by atoms with Gasteiger partial charge in [-0.3, -0.25) is 4.98 Å². The highest BCUT2D eigenvalue weighted by molar-refractivity contribution is 5.74. The second-order valence-electron chi connectivity index (χ2n) is 6.57. The third-order valence-corrected chi connectivity index (χ3v) is 4.78. The van der Waals surface area contributed by atoms with Gasteiger partial charge in [0.2, 0.25) is 0 Å². The van der Waals surface area contributed by atoms with Crippen molar-refractivity contribution in [3.8, 4) is 0 Å². The molecule has 1 aromatic carbocycles. The van der Waals surface area contributed by atoms with E-state index < -0.39 is 0 Å². The third-order valence-electron chi connectivity index (χ3n) is 4.78. The highest BCUT2D eigenvalue weighted by atomic mass is 19.1. The number of likely N-dealkylation sites (tertiary alicyclic amines) is 1. The topological polar surface area (TPSA) is 45.2 Å². The Balaban J connectivity index is 1.39. The van der Waals surface area contributed by atoms with Crippen LogP contribution in [-0.2, 0) is 12.8 Å². The molecule has 0 bridgehead atoms. The summed E-state index contributed by atoms with van der Waals surface area (Å²) in [4.78, 5) is 18.3. The molecule has 1 saturated heterocycles. The number of hydrogen-bond acceptors (Lipinski definition) is 2. The van der Waals surface area contributed by atoms with E-state index in [4.69, 9.17) is 0 Å². The summed E-state index contributed by atoms with van der Waals surface area (Å²) < 4.78 is 13.6. The highest BCUT2D eigenvalue weighted by Gasteiger charge is 2.22. The highest BCUT2D eigenvalue weighted by Crippen LogP contribution is 2.21. The first-order valence-corrected chi connectivity index (χ1v) is 8.87. The predicted molar refractivity (Wildman–Crippen MR) is 95.7 cm³/mol. The lowest BCUT2D eigenvalue weighted by Gasteiger charge is -2.32. The van der Waals surface area contributed by atoms with Crippen molar-refractivity contribution in [3.63, 3.8) is 0 Å². The number of rotatable bonds is 5. The fourth-order valence-electron chi connectivity index (χ4n) is 3.31. The van der Waals surface area contributed by atoms with Crippen molar-refractivity contribution in [3.05, 3.63) is 65.7 Å². The average molecular weight is 341 g/mol. The normalized spacial score (nSPS) is 15.2. The van der Waals surface area contributed by atoms with Gasteiger partial charge in [-0.1, -0.05) is 24.3 Å². The zero-order valence-corrected chi connectivity index (χ0v) is 14.3. The second kappa shape index (κ2) is 8.60. The van der Waals surface area contributed by atoms with Gasteiger partial charge in [0.25, 0.3) is 0 Å². The maximum atomic E-state index is 13.6. The first kappa shape index (κ1) is 17.4. The number of carbonyl (C=O) groups excluding carboxylic acids is 1. The molecule has 0 unspecified atom stereocenters. The van der Waals surface area contributed by atoms with Crippen molar-refractivity contribution in [2.75, 3.05) is 19.6 Å². The number of aromatic nitrogens is 1. The summed E-state index contributed by atoms with van der Waals surface area (Å²) >= 11 is 0. The van der Waals surface area contributed by atoms with Crippen LogP contribution in [0.25, 0.3) is 0 Å². The quantitative estimate of drug-likeness (QED) is 0.906. The molecule has 0 saturated carbocycles. The van der Waals surface area contributed by atoms with E-state index in [1.165, 1.54) is 11.6 Å². The van der Waals surface area contributed by atoms with Crippen LogP contribution in [0.1, 0.15) is 24.0 Å². The van der Waals surface area contributed by atoms with Crippen molar-refractivity contribution in [2.45, 2.75) is 25.7 Å². The average Bonchev–Trinajstić information content (AvgIpc) is 2.65. The van der Waals surface area contributed by atoms with E-state index >= 15 is 0 Å². The van der Waals surface area contributed by atoms with E-state index in [1.54, 1.807) is 18.3 Å². The van der Waals surface area contributed by atoms with Gasteiger partial charge < -0.3 is 10.2 Å². The molecule has 132 valence electrons. The summed E-state index contributed by atoms with van der Waals surface area (Å²) in [7, 11) is 0. The Bertz CT molecular complexity index is 684. The number of amides is 2. The third kappa shape index (κ3) is 5.02. The molecule has 2 aromatic rings. The number of pyridine rings is 1. The minimum Gasteiger partial charge on any atom is -0.338 e. The maximum absolute atomic E-state index is 13.6. The van der Waals surface area contributed by atoms with Crippen molar-refractivity contribution >= 4 is 6.03 Å². The smallest absolute Gasteiger partial charge is 0.317 e. The van der Waals surface area contributed by atoms with Crippen molar-refractivity contribution in [1.29, 1.82) is 0 Å². The van der Waals surface area contributed by atoms with Gasteiger partial charge in [0.05, 0.1) is 0 Å². The summed E-state index contributed by atoms with van der Waals surface area (Å²) in [5, 5.41) is 2.90. The summed E-state index contributed by atoms with van der Waals surface area (Å²) in [6, 6.07) is 10.7. The lowest BCUT2D eigenvalue weighted by atomic mass is 9.91. The molecule has 1 N–H and O–H groups in total. The van der Waals surface area contributed by atoms with E-state index in [0.717, 1.165) is 32.4 Å². The molecule has 0 spiro atoms. The van der Waals surface area contributed by atoms with Gasteiger partial charge in [-0.2, -0.15) is 0 Å². The van der Waals surface area contributed by atoms with Crippen LogP contribution in [0.15, 0.2) is 48.8 Å². The number of nitrogens with zero attached hydrogens (tertiary/aromatic N) is 2. The molecule has 25 heavy (non-hydrogen) atoms. The summed E-state index contributed by atoms with van der Waals surface area (Å²) in [6.45, 7) is 2.00. The van der Waals surface area contributed by atoms with Crippen LogP contribution < -0.4 is 5.32 Å². The summed E-state index contributed by atoms with van der Waals surface area (Å²) in [5.41, 5.74) is 1.90. The van der Waals surface area contributed by atoms with Gasteiger partial charge in [-0.05, 0) is 54.9 Å². The second-order valence-corrected chi connectivity index (χ2v) is 6.57. The van der Waals surface area contributed by atoms with Crippen LogP contribution >= 0.6 is 0 Å². The molecule has 4 nitrogen and oxygen atoms in total. The summed E-state index contributed by atoms with van der Waals surface area (Å²) in [6.07, 6.45) is 7.26.